The van der Waals surface area contributed by atoms with Crippen LogP contribution in [0.3, 0.4) is 0 Å². The average Bonchev–Trinajstić information content (AvgIpc) is 3.31. The van der Waals surface area contributed by atoms with Gasteiger partial charge in [-0.1, -0.05) is 0 Å². The van der Waals surface area contributed by atoms with Crippen LogP contribution in [0.1, 0.15) is 16.2 Å². The van der Waals surface area contributed by atoms with Gasteiger partial charge in [-0.15, -0.1) is 0 Å². The zero-order chi connectivity index (χ0) is 21.5. The van der Waals surface area contributed by atoms with Gasteiger partial charge in [0.05, 0.1) is 0 Å². The second-order valence-electron chi connectivity index (χ2n) is 7.25. The molecule has 0 aliphatic heterocycles. The number of ether oxygens (including phenoxy) is 1. The molecule has 0 aliphatic carbocycles. The van der Waals surface area contributed by atoms with E-state index >= 15 is 0 Å². The van der Waals surface area contributed by atoms with Crippen LogP contribution in [0.15, 0.2) is 114 Å². The van der Waals surface area contributed by atoms with Crippen LogP contribution in [-0.2, 0) is 10.9 Å². The fourth-order valence-corrected chi connectivity index (χ4v) is 8.52. The van der Waals surface area contributed by atoms with Crippen LogP contribution in [0, 0.1) is 0 Å². The molecule has 0 bridgehead atoms. The molecule has 1 heterocycles. The maximum absolute atomic E-state index is 12.2. The molecular formula is C26H24NO3P. The van der Waals surface area contributed by atoms with Crippen LogP contribution >= 0.6 is 7.26 Å². The molecule has 5 heteroatoms. The molecule has 0 aliphatic rings. The van der Waals surface area contributed by atoms with Gasteiger partial charge in [-0.2, -0.15) is 0 Å². The van der Waals surface area contributed by atoms with E-state index in [0.717, 1.165) is 0 Å². The Morgan fingerprint density at radius 2 is 1.35 bits per heavy atom. The Labute approximate surface area is 182 Å². The number of aromatic nitrogens is 1. The summed E-state index contributed by atoms with van der Waals surface area (Å²) in [6.45, 7) is 3.70. The van der Waals surface area contributed by atoms with Crippen molar-refractivity contribution in [3.63, 3.8) is 0 Å². The van der Waals surface area contributed by atoms with Gasteiger partial charge in [0.2, 0.25) is 0 Å². The molecule has 0 N–H and O–H groups in total. The summed E-state index contributed by atoms with van der Waals surface area (Å²) < 4.78 is 10.8. The average molecular weight is 429 g/mol. The van der Waals surface area contributed by atoms with Crippen molar-refractivity contribution < 1.29 is 14.1 Å². The minimum atomic E-state index is -2.51. The third-order valence-corrected chi connectivity index (χ3v) is 10.2. The van der Waals surface area contributed by atoms with E-state index in [1.54, 1.807) is 6.07 Å². The maximum atomic E-state index is 12.2. The summed E-state index contributed by atoms with van der Waals surface area (Å²) >= 11 is 0. The molecule has 0 atom stereocenters. The van der Waals surface area contributed by atoms with E-state index in [0.29, 0.717) is 11.9 Å². The molecule has 3 aromatic carbocycles. The number of carbonyl (C=O) groups excluding carboxylic acids is 1. The number of rotatable bonds is 8. The quantitative estimate of drug-likeness (QED) is 0.239. The van der Waals surface area contributed by atoms with Gasteiger partial charge in [-0.05, 0) is 0 Å². The molecule has 4 rings (SSSR count). The van der Waals surface area contributed by atoms with E-state index in [2.05, 4.69) is 84.5 Å². The third kappa shape index (κ3) is 4.35. The monoisotopic (exact) mass is 429 g/mol. The van der Waals surface area contributed by atoms with Gasteiger partial charge in [0, 0.05) is 0 Å². The van der Waals surface area contributed by atoms with Crippen molar-refractivity contribution in [2.45, 2.75) is 6.16 Å². The predicted octanol–water partition coefficient (Wildman–Crippen LogP) is 4.24. The molecule has 0 radical (unpaired) electrons. The van der Waals surface area contributed by atoms with E-state index in [9.17, 15) is 4.79 Å². The van der Waals surface area contributed by atoms with Crippen LogP contribution in [0.2, 0.25) is 0 Å². The van der Waals surface area contributed by atoms with Crippen LogP contribution in [0.5, 0.6) is 0 Å². The Morgan fingerprint density at radius 3 is 1.81 bits per heavy atom. The van der Waals surface area contributed by atoms with Gasteiger partial charge in [-0.3, -0.25) is 0 Å². The molecule has 0 unspecified atom stereocenters. The minimum absolute atomic E-state index is 0.137. The van der Waals surface area contributed by atoms with E-state index in [1.807, 2.05) is 18.2 Å². The van der Waals surface area contributed by atoms with E-state index in [4.69, 9.17) is 9.26 Å². The molecular weight excluding hydrogens is 405 g/mol. The molecule has 156 valence electrons. The van der Waals surface area contributed by atoms with Crippen molar-refractivity contribution in [3.05, 3.63) is 121 Å². The normalized spacial score (nSPS) is 11.6. The Bertz CT molecular complexity index is 1040. The molecule has 0 saturated heterocycles. The fourth-order valence-electron chi connectivity index (χ4n) is 3.94. The predicted molar refractivity (Wildman–Crippen MR) is 127 cm³/mol. The standard InChI is InChI=1S/C26H24NO3P/c1-2-18-29-26(28)25-19-21(30-27-25)20-31(22-12-6-3-7-13-22,23-14-8-4-9-15-23)24-16-10-5-11-17-24/h2-17,19,31H,1,18,20H2. The number of nitrogens with zero attached hydrogens (tertiary/aromatic N) is 1. The molecule has 4 nitrogen and oxygen atoms in total. The molecule has 4 aromatic rings. The van der Waals surface area contributed by atoms with E-state index < -0.39 is 13.2 Å². The first-order valence-corrected chi connectivity index (χ1v) is 12.3. The van der Waals surface area contributed by atoms with Crippen molar-refractivity contribution in [3.8, 4) is 0 Å². The van der Waals surface area contributed by atoms with Crippen molar-refractivity contribution in [2.75, 3.05) is 6.61 Å². The fraction of sp³-hybridized carbons (Fsp3) is 0.0769. The molecule has 0 spiro atoms. The molecule has 1 aromatic heterocycles. The molecule has 0 saturated carbocycles. The van der Waals surface area contributed by atoms with Gasteiger partial charge in [0.15, 0.2) is 0 Å². The van der Waals surface area contributed by atoms with Crippen LogP contribution in [0.25, 0.3) is 0 Å². The topological polar surface area (TPSA) is 52.3 Å². The van der Waals surface area contributed by atoms with Gasteiger partial charge in [0.1, 0.15) is 0 Å². The SMILES string of the molecule is C=CCOC(=O)c1cc(C[PH](c2ccccc2)(c2ccccc2)c2ccccc2)on1. The van der Waals surface area contributed by atoms with Crippen LogP contribution in [0.4, 0.5) is 0 Å². The summed E-state index contributed by atoms with van der Waals surface area (Å²) in [5.41, 5.74) is 0.175. The van der Waals surface area contributed by atoms with Gasteiger partial charge >= 0.3 is 182 Å². The number of hydrogen-bond acceptors (Lipinski definition) is 4. The first kappa shape index (κ1) is 20.8. The summed E-state index contributed by atoms with van der Waals surface area (Å²) in [4.78, 5) is 12.2. The Balaban J connectivity index is 1.84. The van der Waals surface area contributed by atoms with Gasteiger partial charge in [0.25, 0.3) is 0 Å². The molecule has 0 amide bonds. The Morgan fingerprint density at radius 1 is 0.871 bits per heavy atom. The van der Waals surface area contributed by atoms with Crippen LogP contribution in [-0.4, -0.2) is 17.7 Å². The van der Waals surface area contributed by atoms with Crippen molar-refractivity contribution in [1.82, 2.24) is 5.16 Å². The second kappa shape index (κ2) is 9.55. The summed E-state index contributed by atoms with van der Waals surface area (Å²) in [7, 11) is -2.51. The van der Waals surface area contributed by atoms with Crippen molar-refractivity contribution >= 4 is 29.1 Å². The number of hydrogen-bond donors (Lipinski definition) is 0. The number of carbonyl (C=O) groups is 1. The molecule has 31 heavy (non-hydrogen) atoms. The number of benzene rings is 3. The number of esters is 1. The summed E-state index contributed by atoms with van der Waals surface area (Å²) in [6, 6.07) is 33.3. The van der Waals surface area contributed by atoms with Crippen molar-refractivity contribution in [2.24, 2.45) is 0 Å². The first-order chi connectivity index (χ1) is 15.2. The van der Waals surface area contributed by atoms with E-state index in [-0.39, 0.29) is 12.3 Å². The second-order valence-corrected chi connectivity index (χ2v) is 11.1. The summed E-state index contributed by atoms with van der Waals surface area (Å²) in [5.74, 6) is 0.148. The summed E-state index contributed by atoms with van der Waals surface area (Å²) in [6.07, 6.45) is 2.16. The first-order valence-electron chi connectivity index (χ1n) is 10.1. The van der Waals surface area contributed by atoms with Crippen molar-refractivity contribution in [1.29, 1.82) is 0 Å². The third-order valence-electron chi connectivity index (χ3n) is 5.34. The van der Waals surface area contributed by atoms with E-state index in [1.165, 1.54) is 22.0 Å². The zero-order valence-electron chi connectivity index (χ0n) is 17.1. The Hall–Kier alpha value is -3.49. The molecule has 0 fully saturated rings. The van der Waals surface area contributed by atoms with Crippen LogP contribution < -0.4 is 15.9 Å². The van der Waals surface area contributed by atoms with Gasteiger partial charge in [-0.25, -0.2) is 0 Å². The van der Waals surface area contributed by atoms with Gasteiger partial charge < -0.3 is 0 Å². The Kier molecular flexibility index (Phi) is 6.40. The zero-order valence-corrected chi connectivity index (χ0v) is 18.1. The summed E-state index contributed by atoms with van der Waals surface area (Å²) in [5, 5.41) is 7.76.